The predicted molar refractivity (Wildman–Crippen MR) is 123 cm³/mol. The molecule has 0 aliphatic rings. The molecule has 29 heavy (non-hydrogen) atoms. The number of halogens is 1. The number of amides is 1. The number of aromatic nitrogens is 2. The largest absolute Gasteiger partial charge is 1.00 e. The summed E-state index contributed by atoms with van der Waals surface area (Å²) in [5.74, 6) is -0.130. The number of anilines is 1. The third-order valence-corrected chi connectivity index (χ3v) is 5.46. The molecule has 0 aliphatic carbocycles. The second-order valence-corrected chi connectivity index (χ2v) is 7.48. The van der Waals surface area contributed by atoms with Crippen LogP contribution in [-0.2, 0) is 0 Å². The highest BCUT2D eigenvalue weighted by Gasteiger charge is 2.10. The molecule has 2 heterocycles. The molecule has 0 spiro atoms. The Balaban J connectivity index is 0.00000160. The molecule has 6 heteroatoms. The molecule has 0 atom stereocenters. The van der Waals surface area contributed by atoms with Crippen LogP contribution in [0.15, 0.2) is 72.5 Å². The second kappa shape index (κ2) is 8.99. The average molecular weight is 423 g/mol. The molecule has 0 fully saturated rings. The minimum atomic E-state index is -0.130. The molecule has 0 saturated carbocycles. The summed E-state index contributed by atoms with van der Waals surface area (Å²) in [7, 11) is 0. The van der Waals surface area contributed by atoms with E-state index in [1.165, 1.54) is 5.56 Å². The summed E-state index contributed by atoms with van der Waals surface area (Å²) < 4.78 is 0. The van der Waals surface area contributed by atoms with Gasteiger partial charge in [0.05, 0.1) is 0 Å². The van der Waals surface area contributed by atoms with Gasteiger partial charge in [-0.2, -0.15) is 0 Å². The molecular weight excluding hydrogens is 402 g/mol. The molecule has 4 rings (SSSR count). The zero-order valence-corrected chi connectivity index (χ0v) is 17.7. The summed E-state index contributed by atoms with van der Waals surface area (Å²) in [5.41, 5.74) is 6.83. The number of aryl methyl sites for hydroxylation is 2. The zero-order valence-electron chi connectivity index (χ0n) is 17.0. The number of carbonyl (C=O) groups is 1. The van der Waals surface area contributed by atoms with Crippen LogP contribution in [0.25, 0.3) is 21.7 Å². The number of hydrogen-bond donors (Lipinski definition) is 1. The van der Waals surface area contributed by atoms with Crippen molar-refractivity contribution in [2.45, 2.75) is 13.8 Å². The highest BCUT2D eigenvalue weighted by molar-refractivity contribution is 7.13. The Bertz CT molecular complexity index is 1130. The van der Waals surface area contributed by atoms with E-state index >= 15 is 0 Å². The summed E-state index contributed by atoms with van der Waals surface area (Å²) in [5, 5.41) is 5.95. The molecule has 4 nitrogen and oxygen atoms in total. The number of carbonyl (C=O) groups excluding carboxylic acids is 1. The molecule has 148 valence electrons. The lowest BCUT2D eigenvalue weighted by Gasteiger charge is -2.11. The Labute approximate surface area is 181 Å². The summed E-state index contributed by atoms with van der Waals surface area (Å²) in [6.07, 6.45) is 5.14. The van der Waals surface area contributed by atoms with Crippen LogP contribution in [0.5, 0.6) is 0 Å². The number of hydrogen-bond acceptors (Lipinski definition) is 4. The van der Waals surface area contributed by atoms with Crippen LogP contribution in [0.3, 0.4) is 0 Å². The van der Waals surface area contributed by atoms with Crippen LogP contribution in [0.2, 0.25) is 0 Å². The van der Waals surface area contributed by atoms with Crippen molar-refractivity contribution in [3.8, 4) is 21.7 Å². The normalized spacial score (nSPS) is 10.3. The van der Waals surface area contributed by atoms with Gasteiger partial charge >= 0.3 is 0 Å². The first-order valence-electron chi connectivity index (χ1n) is 8.95. The quantitative estimate of drug-likeness (QED) is 0.421. The Morgan fingerprint density at radius 3 is 2.41 bits per heavy atom. The maximum absolute atomic E-state index is 12.5. The topological polar surface area (TPSA) is 54.9 Å². The smallest absolute Gasteiger partial charge is 0.256 e. The molecule has 2 aromatic heterocycles. The maximum atomic E-state index is 12.5. The van der Waals surface area contributed by atoms with Gasteiger partial charge in [-0.05, 0) is 60.4 Å². The van der Waals surface area contributed by atoms with Crippen molar-refractivity contribution in [1.82, 2.24) is 9.97 Å². The highest BCUT2D eigenvalue weighted by Crippen LogP contribution is 2.31. The number of nitrogens with one attached hydrogen (secondary N) is 1. The van der Waals surface area contributed by atoms with E-state index in [9.17, 15) is 4.79 Å². The molecule has 0 radical (unpaired) electrons. The summed E-state index contributed by atoms with van der Waals surface area (Å²) in [6, 6.07) is 16.0. The van der Waals surface area contributed by atoms with Gasteiger partial charge in [0.2, 0.25) is 0 Å². The first kappa shape index (κ1) is 20.7. The van der Waals surface area contributed by atoms with Crippen molar-refractivity contribution in [1.29, 1.82) is 0 Å². The zero-order chi connectivity index (χ0) is 19.5. The van der Waals surface area contributed by atoms with Crippen molar-refractivity contribution < 1.29 is 6.22 Å². The third kappa shape index (κ3) is 4.53. The highest BCUT2D eigenvalue weighted by atomic mass is 35.5. The van der Waals surface area contributed by atoms with Gasteiger partial charge in [-0.15, -0.1) is 23.7 Å². The van der Waals surface area contributed by atoms with E-state index in [0.717, 1.165) is 32.9 Å². The molecule has 1 amide bonds. The molecule has 0 saturated heterocycles. The molecular formula is C23H21ClN3OS-. The van der Waals surface area contributed by atoms with Crippen molar-refractivity contribution in [2.75, 3.05) is 5.32 Å². The number of benzene rings is 2. The lowest BCUT2D eigenvalue weighted by molar-refractivity contribution is 0.102. The van der Waals surface area contributed by atoms with Gasteiger partial charge in [0, 0.05) is 40.8 Å². The summed E-state index contributed by atoms with van der Waals surface area (Å²) >= 11 is 1.63. The van der Waals surface area contributed by atoms with E-state index < -0.39 is 0 Å². The SMILES string of the molecule is Cc1cnccc1C(=O)Nc1ccc(-c2cc(-c3nccs3)ccc2C)cc1.Cl.[H-]. The van der Waals surface area contributed by atoms with Crippen molar-refractivity contribution in [2.24, 2.45) is 0 Å². The average Bonchev–Trinajstić information content (AvgIpc) is 3.24. The van der Waals surface area contributed by atoms with Crippen LogP contribution in [-0.4, -0.2) is 15.9 Å². The number of rotatable bonds is 4. The number of pyridine rings is 1. The van der Waals surface area contributed by atoms with Gasteiger partial charge in [-0.3, -0.25) is 9.78 Å². The van der Waals surface area contributed by atoms with Crippen LogP contribution in [0.4, 0.5) is 5.69 Å². The van der Waals surface area contributed by atoms with E-state index in [2.05, 4.69) is 40.4 Å². The monoisotopic (exact) mass is 422 g/mol. The first-order chi connectivity index (χ1) is 13.6. The minimum absolute atomic E-state index is 0. The standard InChI is InChI=1S/C23H19N3OS.ClH.H/c1-15-3-4-18(23-25-11-12-28-23)13-21(15)17-5-7-19(8-6-17)26-22(27)20-9-10-24-14-16(20)2;;/h3-14H,1-2H3,(H,26,27);1H;/q;;-1. The Morgan fingerprint density at radius 2 is 1.72 bits per heavy atom. The fourth-order valence-corrected chi connectivity index (χ4v) is 3.73. The van der Waals surface area contributed by atoms with Gasteiger partial charge in [-0.1, -0.05) is 24.3 Å². The van der Waals surface area contributed by atoms with E-state index in [4.69, 9.17) is 0 Å². The molecule has 4 aromatic rings. The lowest BCUT2D eigenvalue weighted by atomic mass is 9.98. The van der Waals surface area contributed by atoms with E-state index in [-0.39, 0.29) is 19.7 Å². The fraction of sp³-hybridized carbons (Fsp3) is 0.0870. The Morgan fingerprint density at radius 1 is 0.966 bits per heavy atom. The van der Waals surface area contributed by atoms with Crippen molar-refractivity contribution in [3.05, 3.63) is 89.2 Å². The minimum Gasteiger partial charge on any atom is -1.00 e. The van der Waals surface area contributed by atoms with Gasteiger partial charge < -0.3 is 6.74 Å². The van der Waals surface area contributed by atoms with Crippen molar-refractivity contribution >= 4 is 35.3 Å². The third-order valence-electron chi connectivity index (χ3n) is 4.64. The lowest BCUT2D eigenvalue weighted by Crippen LogP contribution is -2.13. The van der Waals surface area contributed by atoms with E-state index in [1.807, 2.05) is 42.8 Å². The molecule has 0 bridgehead atoms. The number of thiazole rings is 1. The van der Waals surface area contributed by atoms with Gasteiger partial charge in [0.25, 0.3) is 5.91 Å². The first-order valence-corrected chi connectivity index (χ1v) is 9.83. The van der Waals surface area contributed by atoms with Crippen LogP contribution in [0, 0.1) is 13.8 Å². The van der Waals surface area contributed by atoms with Crippen LogP contribution < -0.4 is 5.32 Å². The van der Waals surface area contributed by atoms with Gasteiger partial charge in [0.1, 0.15) is 5.01 Å². The molecule has 1 N–H and O–H groups in total. The molecule has 0 unspecified atom stereocenters. The predicted octanol–water partition coefficient (Wildman–Crippen LogP) is 6.28. The van der Waals surface area contributed by atoms with Crippen molar-refractivity contribution in [3.63, 3.8) is 0 Å². The van der Waals surface area contributed by atoms with Crippen LogP contribution >= 0.6 is 23.7 Å². The van der Waals surface area contributed by atoms with E-state index in [1.54, 1.807) is 29.8 Å². The Hall–Kier alpha value is -3.02. The van der Waals surface area contributed by atoms with Gasteiger partial charge in [-0.25, -0.2) is 4.98 Å². The second-order valence-electron chi connectivity index (χ2n) is 6.59. The molecule has 0 aliphatic heterocycles. The summed E-state index contributed by atoms with van der Waals surface area (Å²) in [4.78, 5) is 20.9. The number of nitrogens with zero attached hydrogens (tertiary/aromatic N) is 2. The van der Waals surface area contributed by atoms with E-state index in [0.29, 0.717) is 5.56 Å². The molecule has 2 aromatic carbocycles. The maximum Gasteiger partial charge on any atom is 0.256 e. The van der Waals surface area contributed by atoms with Crippen LogP contribution in [0.1, 0.15) is 22.9 Å². The Kier molecular flexibility index (Phi) is 6.42. The van der Waals surface area contributed by atoms with Gasteiger partial charge in [0.15, 0.2) is 0 Å². The fourth-order valence-electron chi connectivity index (χ4n) is 3.09. The summed E-state index contributed by atoms with van der Waals surface area (Å²) in [6.45, 7) is 3.98.